The minimum Gasteiger partial charge on any atom is -0.393 e. The van der Waals surface area contributed by atoms with Crippen molar-refractivity contribution >= 4 is 5.91 Å². The number of likely N-dealkylation sites (tertiary alicyclic amines) is 1. The Kier molecular flexibility index (Phi) is 3.82. The van der Waals surface area contributed by atoms with Crippen molar-refractivity contribution in [3.8, 4) is 0 Å². The summed E-state index contributed by atoms with van der Waals surface area (Å²) in [6.45, 7) is 1.64. The van der Waals surface area contributed by atoms with E-state index in [1.807, 2.05) is 4.90 Å². The first-order chi connectivity index (χ1) is 7.66. The number of carbonyl (C=O) groups is 1. The van der Waals surface area contributed by atoms with Crippen LogP contribution in [0, 0.1) is 5.92 Å². The quantitative estimate of drug-likeness (QED) is 0.720. The van der Waals surface area contributed by atoms with E-state index in [2.05, 4.69) is 0 Å². The molecule has 1 saturated carbocycles. The molecule has 0 aromatic heterocycles. The van der Waals surface area contributed by atoms with Crippen LogP contribution >= 0.6 is 0 Å². The predicted molar refractivity (Wildman–Crippen MR) is 61.8 cm³/mol. The third-order valence-electron chi connectivity index (χ3n) is 3.81. The lowest BCUT2D eigenvalue weighted by Crippen LogP contribution is -2.50. The Labute approximate surface area is 96.8 Å². The average Bonchev–Trinajstić information content (AvgIpc) is 2.25. The van der Waals surface area contributed by atoms with Gasteiger partial charge < -0.3 is 15.7 Å². The molecule has 1 heterocycles. The van der Waals surface area contributed by atoms with Crippen molar-refractivity contribution < 1.29 is 9.90 Å². The van der Waals surface area contributed by atoms with Crippen molar-refractivity contribution in [1.82, 2.24) is 4.90 Å². The fourth-order valence-corrected chi connectivity index (χ4v) is 2.89. The molecule has 0 bridgehead atoms. The molecular weight excluding hydrogens is 204 g/mol. The Morgan fingerprint density at radius 2 is 2.12 bits per heavy atom. The van der Waals surface area contributed by atoms with Gasteiger partial charge >= 0.3 is 0 Å². The number of piperidine rings is 1. The standard InChI is InChI=1S/C12H22N2O2/c13-11-5-2-6-14(12(11)16)8-9-3-1-4-10(15)7-9/h9-11,15H,1-8,13H2. The van der Waals surface area contributed by atoms with Gasteiger partial charge in [-0.05, 0) is 38.0 Å². The zero-order chi connectivity index (χ0) is 11.5. The number of hydrogen-bond donors (Lipinski definition) is 2. The molecule has 2 fully saturated rings. The third-order valence-corrected chi connectivity index (χ3v) is 3.81. The third kappa shape index (κ3) is 2.74. The first kappa shape index (κ1) is 11.9. The number of amides is 1. The molecule has 1 aliphatic carbocycles. The van der Waals surface area contributed by atoms with Crippen LogP contribution in [0.25, 0.3) is 0 Å². The second-order valence-corrected chi connectivity index (χ2v) is 5.22. The zero-order valence-corrected chi connectivity index (χ0v) is 9.77. The van der Waals surface area contributed by atoms with E-state index in [1.165, 1.54) is 0 Å². The number of rotatable bonds is 2. The predicted octanol–water partition coefficient (Wildman–Crippen LogP) is 0.487. The fourth-order valence-electron chi connectivity index (χ4n) is 2.89. The van der Waals surface area contributed by atoms with E-state index in [0.717, 1.165) is 51.6 Å². The van der Waals surface area contributed by atoms with Crippen molar-refractivity contribution in [2.24, 2.45) is 11.7 Å². The van der Waals surface area contributed by atoms with Crippen LogP contribution in [0.4, 0.5) is 0 Å². The average molecular weight is 226 g/mol. The van der Waals surface area contributed by atoms with Gasteiger partial charge in [-0.3, -0.25) is 4.79 Å². The molecule has 2 aliphatic rings. The molecule has 3 N–H and O–H groups in total. The number of hydrogen-bond acceptors (Lipinski definition) is 3. The lowest BCUT2D eigenvalue weighted by molar-refractivity contribution is -0.136. The Hall–Kier alpha value is -0.610. The van der Waals surface area contributed by atoms with Crippen molar-refractivity contribution in [3.05, 3.63) is 0 Å². The molecule has 3 atom stereocenters. The molecule has 0 aromatic rings. The summed E-state index contributed by atoms with van der Waals surface area (Å²) in [5.41, 5.74) is 5.76. The van der Waals surface area contributed by atoms with Crippen LogP contribution in [0.1, 0.15) is 38.5 Å². The molecule has 16 heavy (non-hydrogen) atoms. The molecule has 2 rings (SSSR count). The van der Waals surface area contributed by atoms with Crippen LogP contribution < -0.4 is 5.73 Å². The van der Waals surface area contributed by atoms with E-state index >= 15 is 0 Å². The SMILES string of the molecule is NC1CCCN(CC2CCCC(O)C2)C1=O. The minimum absolute atomic E-state index is 0.103. The van der Waals surface area contributed by atoms with Crippen molar-refractivity contribution in [1.29, 1.82) is 0 Å². The van der Waals surface area contributed by atoms with Gasteiger partial charge in [0, 0.05) is 13.1 Å². The Bertz CT molecular complexity index is 257. The van der Waals surface area contributed by atoms with Crippen LogP contribution in [0.5, 0.6) is 0 Å². The number of nitrogens with zero attached hydrogens (tertiary/aromatic N) is 1. The zero-order valence-electron chi connectivity index (χ0n) is 9.77. The van der Waals surface area contributed by atoms with E-state index in [-0.39, 0.29) is 18.1 Å². The molecule has 0 radical (unpaired) electrons. The Morgan fingerprint density at radius 3 is 2.88 bits per heavy atom. The van der Waals surface area contributed by atoms with Gasteiger partial charge in [0.25, 0.3) is 0 Å². The van der Waals surface area contributed by atoms with Gasteiger partial charge in [-0.25, -0.2) is 0 Å². The first-order valence-corrected chi connectivity index (χ1v) is 6.39. The van der Waals surface area contributed by atoms with Gasteiger partial charge in [-0.15, -0.1) is 0 Å². The largest absolute Gasteiger partial charge is 0.393 e. The fraction of sp³-hybridized carbons (Fsp3) is 0.917. The maximum atomic E-state index is 11.8. The van der Waals surface area contributed by atoms with Crippen LogP contribution in [0.15, 0.2) is 0 Å². The lowest BCUT2D eigenvalue weighted by Gasteiger charge is -2.35. The highest BCUT2D eigenvalue weighted by atomic mass is 16.3. The summed E-state index contributed by atoms with van der Waals surface area (Å²) in [4.78, 5) is 13.7. The summed E-state index contributed by atoms with van der Waals surface area (Å²) < 4.78 is 0. The Morgan fingerprint density at radius 1 is 1.31 bits per heavy atom. The van der Waals surface area contributed by atoms with Crippen LogP contribution in [-0.2, 0) is 4.79 Å². The van der Waals surface area contributed by atoms with Gasteiger partial charge in [-0.1, -0.05) is 6.42 Å². The van der Waals surface area contributed by atoms with Crippen molar-refractivity contribution in [2.45, 2.75) is 50.7 Å². The van der Waals surface area contributed by atoms with Crippen molar-refractivity contribution in [2.75, 3.05) is 13.1 Å². The topological polar surface area (TPSA) is 66.6 Å². The summed E-state index contributed by atoms with van der Waals surface area (Å²) in [5.74, 6) is 0.573. The molecule has 0 aromatic carbocycles. The normalized spacial score (nSPS) is 36.5. The molecule has 1 amide bonds. The summed E-state index contributed by atoms with van der Waals surface area (Å²) in [5, 5.41) is 9.60. The van der Waals surface area contributed by atoms with E-state index in [0.29, 0.717) is 5.92 Å². The number of aliphatic hydroxyl groups excluding tert-OH is 1. The molecule has 0 spiro atoms. The highest BCUT2D eigenvalue weighted by Gasteiger charge is 2.29. The highest BCUT2D eigenvalue weighted by molar-refractivity contribution is 5.82. The first-order valence-electron chi connectivity index (χ1n) is 6.39. The maximum absolute atomic E-state index is 11.8. The Balaban J connectivity index is 1.86. The van der Waals surface area contributed by atoms with Crippen molar-refractivity contribution in [3.63, 3.8) is 0 Å². The van der Waals surface area contributed by atoms with Gasteiger partial charge in [0.05, 0.1) is 12.1 Å². The number of nitrogens with two attached hydrogens (primary N) is 1. The summed E-state index contributed by atoms with van der Waals surface area (Å²) in [7, 11) is 0. The molecule has 1 saturated heterocycles. The second-order valence-electron chi connectivity index (χ2n) is 5.22. The maximum Gasteiger partial charge on any atom is 0.239 e. The number of carbonyl (C=O) groups excluding carboxylic acids is 1. The monoisotopic (exact) mass is 226 g/mol. The minimum atomic E-state index is -0.290. The molecule has 92 valence electrons. The molecule has 3 unspecified atom stereocenters. The molecule has 1 aliphatic heterocycles. The van der Waals surface area contributed by atoms with Gasteiger partial charge in [0.2, 0.25) is 5.91 Å². The molecule has 4 nitrogen and oxygen atoms in total. The number of aliphatic hydroxyl groups is 1. The van der Waals surface area contributed by atoms with E-state index in [9.17, 15) is 9.90 Å². The second kappa shape index (κ2) is 5.15. The van der Waals surface area contributed by atoms with Gasteiger partial charge in [0.1, 0.15) is 0 Å². The van der Waals surface area contributed by atoms with E-state index < -0.39 is 0 Å². The molecular formula is C12H22N2O2. The van der Waals surface area contributed by atoms with Crippen LogP contribution in [0.3, 0.4) is 0 Å². The van der Waals surface area contributed by atoms with Crippen LogP contribution in [0.2, 0.25) is 0 Å². The summed E-state index contributed by atoms with van der Waals surface area (Å²) in [6, 6.07) is -0.290. The van der Waals surface area contributed by atoms with E-state index in [4.69, 9.17) is 5.73 Å². The summed E-state index contributed by atoms with van der Waals surface area (Å²) >= 11 is 0. The van der Waals surface area contributed by atoms with E-state index in [1.54, 1.807) is 0 Å². The van der Waals surface area contributed by atoms with Gasteiger partial charge in [-0.2, -0.15) is 0 Å². The highest BCUT2D eigenvalue weighted by Crippen LogP contribution is 2.26. The molecule has 4 heteroatoms. The van der Waals surface area contributed by atoms with Crippen LogP contribution in [-0.4, -0.2) is 41.1 Å². The smallest absolute Gasteiger partial charge is 0.239 e. The summed E-state index contributed by atoms with van der Waals surface area (Å²) in [6.07, 6.45) is 5.66. The lowest BCUT2D eigenvalue weighted by atomic mass is 9.86. The van der Waals surface area contributed by atoms with Gasteiger partial charge in [0.15, 0.2) is 0 Å².